The van der Waals surface area contributed by atoms with E-state index >= 15 is 0 Å². The van der Waals surface area contributed by atoms with E-state index < -0.39 is 6.10 Å². The molecule has 2 aromatic heterocycles. The van der Waals surface area contributed by atoms with Crippen LogP contribution in [0.5, 0.6) is 0 Å². The number of hydrogen-bond acceptors (Lipinski definition) is 5. The molecule has 0 aliphatic carbocycles. The van der Waals surface area contributed by atoms with E-state index in [0.29, 0.717) is 31.0 Å². The molecule has 2 N–H and O–H groups in total. The van der Waals surface area contributed by atoms with Gasteiger partial charge in [-0.1, -0.05) is 17.0 Å². The SMILES string of the molecule is Cc1cc(C#CCCCO)ccc1-c1cc(Cn2ccnc2C(C)O)no1. The third-order valence-electron chi connectivity index (χ3n) is 4.20. The van der Waals surface area contributed by atoms with Crippen molar-refractivity contribution in [3.8, 4) is 23.2 Å². The van der Waals surface area contributed by atoms with Crippen molar-refractivity contribution >= 4 is 0 Å². The van der Waals surface area contributed by atoms with Gasteiger partial charge in [0, 0.05) is 42.6 Å². The Balaban J connectivity index is 1.75. The summed E-state index contributed by atoms with van der Waals surface area (Å²) in [7, 11) is 0. The number of nitrogens with zero attached hydrogens (tertiary/aromatic N) is 3. The number of aliphatic hydroxyl groups is 2. The smallest absolute Gasteiger partial charge is 0.167 e. The van der Waals surface area contributed by atoms with Crippen LogP contribution in [0.1, 0.15) is 48.5 Å². The molecule has 0 aliphatic heterocycles. The lowest BCUT2D eigenvalue weighted by Crippen LogP contribution is -2.07. The summed E-state index contributed by atoms with van der Waals surface area (Å²) in [5.74, 6) is 7.46. The highest BCUT2D eigenvalue weighted by Gasteiger charge is 2.13. The van der Waals surface area contributed by atoms with Gasteiger partial charge in [-0.05, 0) is 44.0 Å². The Morgan fingerprint density at radius 2 is 2.15 bits per heavy atom. The van der Waals surface area contributed by atoms with Crippen LogP contribution in [0.3, 0.4) is 0 Å². The maximum absolute atomic E-state index is 9.76. The topological polar surface area (TPSA) is 84.3 Å². The standard InChI is InChI=1S/C21H23N3O3/c1-15-12-17(6-4-3-5-11-25)7-8-19(15)20-13-18(23-27-20)14-24-10-9-22-21(24)16(2)26/h7-10,12-13,16,25-26H,3,5,11,14H2,1-2H3. The highest BCUT2D eigenvalue weighted by molar-refractivity contribution is 5.63. The van der Waals surface area contributed by atoms with Gasteiger partial charge in [-0.25, -0.2) is 4.98 Å². The minimum Gasteiger partial charge on any atom is -0.396 e. The first kappa shape index (κ1) is 18.9. The van der Waals surface area contributed by atoms with Crippen LogP contribution in [0, 0.1) is 18.8 Å². The molecule has 3 rings (SSSR count). The second kappa shape index (κ2) is 8.67. The van der Waals surface area contributed by atoms with Crippen molar-refractivity contribution in [3.05, 3.63) is 59.3 Å². The Bertz CT molecular complexity index is 960. The summed E-state index contributed by atoms with van der Waals surface area (Å²) in [5.41, 5.74) is 3.72. The van der Waals surface area contributed by atoms with Crippen molar-refractivity contribution in [1.29, 1.82) is 0 Å². The summed E-state index contributed by atoms with van der Waals surface area (Å²) in [6.45, 7) is 4.35. The number of imidazole rings is 1. The fourth-order valence-corrected chi connectivity index (χ4v) is 2.86. The first-order chi connectivity index (χ1) is 13.1. The van der Waals surface area contributed by atoms with E-state index in [1.54, 1.807) is 13.1 Å². The van der Waals surface area contributed by atoms with Crippen LogP contribution >= 0.6 is 0 Å². The normalized spacial score (nSPS) is 11.9. The molecule has 6 nitrogen and oxygen atoms in total. The number of aromatic nitrogens is 3. The minimum atomic E-state index is -0.639. The molecule has 27 heavy (non-hydrogen) atoms. The van der Waals surface area contributed by atoms with Gasteiger partial charge < -0.3 is 19.3 Å². The molecule has 0 saturated heterocycles. The van der Waals surface area contributed by atoms with Crippen molar-refractivity contribution in [1.82, 2.24) is 14.7 Å². The second-order valence-corrected chi connectivity index (χ2v) is 6.43. The van der Waals surface area contributed by atoms with Crippen molar-refractivity contribution in [3.63, 3.8) is 0 Å². The Kier molecular flexibility index (Phi) is 6.07. The molecule has 1 aromatic carbocycles. The number of benzene rings is 1. The molecule has 0 spiro atoms. The van der Waals surface area contributed by atoms with Crippen LogP contribution in [-0.2, 0) is 6.54 Å². The van der Waals surface area contributed by atoms with Gasteiger partial charge in [0.05, 0.1) is 6.54 Å². The van der Waals surface area contributed by atoms with Gasteiger partial charge in [-0.2, -0.15) is 0 Å². The Hall–Kier alpha value is -2.88. The monoisotopic (exact) mass is 365 g/mol. The molecule has 0 fully saturated rings. The van der Waals surface area contributed by atoms with Gasteiger partial charge >= 0.3 is 0 Å². The number of aliphatic hydroxyl groups excluding tert-OH is 2. The van der Waals surface area contributed by atoms with Gasteiger partial charge in [-0.15, -0.1) is 0 Å². The van der Waals surface area contributed by atoms with Crippen LogP contribution in [0.25, 0.3) is 11.3 Å². The Morgan fingerprint density at radius 1 is 1.30 bits per heavy atom. The Labute approximate surface area is 158 Å². The van der Waals surface area contributed by atoms with Crippen LogP contribution in [0.15, 0.2) is 41.2 Å². The molecule has 0 bridgehead atoms. The summed E-state index contributed by atoms with van der Waals surface area (Å²) in [4.78, 5) is 4.16. The summed E-state index contributed by atoms with van der Waals surface area (Å²) in [6, 6.07) is 7.86. The highest BCUT2D eigenvalue weighted by Crippen LogP contribution is 2.25. The molecule has 0 aliphatic rings. The average Bonchev–Trinajstić information content (AvgIpc) is 3.29. The maximum atomic E-state index is 9.76. The zero-order valence-electron chi connectivity index (χ0n) is 15.5. The van der Waals surface area contributed by atoms with E-state index in [9.17, 15) is 5.11 Å². The molecule has 0 saturated carbocycles. The van der Waals surface area contributed by atoms with Crippen molar-refractivity contribution < 1.29 is 14.7 Å². The van der Waals surface area contributed by atoms with Gasteiger partial charge in [0.15, 0.2) is 5.76 Å². The van der Waals surface area contributed by atoms with E-state index in [2.05, 4.69) is 22.0 Å². The van der Waals surface area contributed by atoms with Crippen LogP contribution in [-0.4, -0.2) is 31.5 Å². The number of hydrogen-bond donors (Lipinski definition) is 2. The van der Waals surface area contributed by atoms with Gasteiger partial charge in [0.2, 0.25) is 0 Å². The molecule has 3 aromatic rings. The molecule has 0 amide bonds. The van der Waals surface area contributed by atoms with Gasteiger partial charge in [0.1, 0.15) is 17.6 Å². The number of unbranched alkanes of at least 4 members (excludes halogenated alkanes) is 1. The molecule has 6 heteroatoms. The summed E-state index contributed by atoms with van der Waals surface area (Å²) in [5, 5.41) is 22.7. The fourth-order valence-electron chi connectivity index (χ4n) is 2.86. The molecular weight excluding hydrogens is 342 g/mol. The van der Waals surface area contributed by atoms with E-state index in [0.717, 1.165) is 22.4 Å². The predicted molar refractivity (Wildman–Crippen MR) is 102 cm³/mol. The first-order valence-corrected chi connectivity index (χ1v) is 8.94. The van der Waals surface area contributed by atoms with Crippen molar-refractivity contribution in [2.24, 2.45) is 0 Å². The van der Waals surface area contributed by atoms with Gasteiger partial charge in [0.25, 0.3) is 0 Å². The molecule has 0 radical (unpaired) electrons. The minimum absolute atomic E-state index is 0.165. The van der Waals surface area contributed by atoms with Crippen molar-refractivity contribution in [2.45, 2.75) is 39.3 Å². The average molecular weight is 365 g/mol. The summed E-state index contributed by atoms with van der Waals surface area (Å²) < 4.78 is 7.37. The summed E-state index contributed by atoms with van der Waals surface area (Å²) in [6.07, 6.45) is 4.21. The third kappa shape index (κ3) is 4.64. The molecule has 140 valence electrons. The first-order valence-electron chi connectivity index (χ1n) is 8.94. The maximum Gasteiger partial charge on any atom is 0.167 e. The predicted octanol–water partition coefficient (Wildman–Crippen LogP) is 3.07. The zero-order chi connectivity index (χ0) is 19.2. The lowest BCUT2D eigenvalue weighted by Gasteiger charge is -2.07. The quantitative estimate of drug-likeness (QED) is 0.518. The van der Waals surface area contributed by atoms with Crippen molar-refractivity contribution in [2.75, 3.05) is 6.61 Å². The molecule has 2 heterocycles. The van der Waals surface area contributed by atoms with Crippen LogP contribution in [0.2, 0.25) is 0 Å². The summed E-state index contributed by atoms with van der Waals surface area (Å²) >= 11 is 0. The van der Waals surface area contributed by atoms with Crippen LogP contribution < -0.4 is 0 Å². The Morgan fingerprint density at radius 3 is 2.89 bits per heavy atom. The van der Waals surface area contributed by atoms with E-state index in [4.69, 9.17) is 9.63 Å². The lowest BCUT2D eigenvalue weighted by molar-refractivity contribution is 0.184. The lowest BCUT2D eigenvalue weighted by atomic mass is 10.0. The van der Waals surface area contributed by atoms with Gasteiger partial charge in [-0.3, -0.25) is 0 Å². The molecule has 1 unspecified atom stereocenters. The van der Waals surface area contributed by atoms with E-state index in [1.165, 1.54) is 0 Å². The fraction of sp³-hybridized carbons (Fsp3) is 0.333. The molecule has 1 atom stereocenters. The van der Waals surface area contributed by atoms with E-state index in [-0.39, 0.29) is 6.61 Å². The number of rotatable bonds is 6. The zero-order valence-corrected chi connectivity index (χ0v) is 15.5. The third-order valence-corrected chi connectivity index (χ3v) is 4.20. The van der Waals surface area contributed by atoms with E-state index in [1.807, 2.05) is 42.0 Å². The largest absolute Gasteiger partial charge is 0.396 e. The van der Waals surface area contributed by atoms with Crippen LogP contribution in [0.4, 0.5) is 0 Å². The number of aryl methyl sites for hydroxylation is 1. The molecular formula is C21H23N3O3. The highest BCUT2D eigenvalue weighted by atomic mass is 16.5. The second-order valence-electron chi connectivity index (χ2n) is 6.43.